The molecule has 1 heterocycles. The van der Waals surface area contributed by atoms with E-state index in [0.29, 0.717) is 12.5 Å². The van der Waals surface area contributed by atoms with Gasteiger partial charge in [-0.15, -0.1) is 0 Å². The number of amides is 1. The molecule has 5 nitrogen and oxygen atoms in total. The van der Waals surface area contributed by atoms with Gasteiger partial charge in [0.2, 0.25) is 5.91 Å². The lowest BCUT2D eigenvalue weighted by Gasteiger charge is -2.37. The van der Waals surface area contributed by atoms with E-state index >= 15 is 0 Å². The van der Waals surface area contributed by atoms with Gasteiger partial charge in [-0.1, -0.05) is 6.92 Å². The molecule has 1 unspecified atom stereocenters. The molecule has 0 aromatic carbocycles. The van der Waals surface area contributed by atoms with Crippen LogP contribution in [0.3, 0.4) is 0 Å². The van der Waals surface area contributed by atoms with Gasteiger partial charge in [-0.05, 0) is 38.5 Å². The van der Waals surface area contributed by atoms with Gasteiger partial charge in [-0.3, -0.25) is 9.59 Å². The highest BCUT2D eigenvalue weighted by Gasteiger charge is 2.35. The first-order valence-corrected chi connectivity index (χ1v) is 7.14. The van der Waals surface area contributed by atoms with Crippen LogP contribution in [0, 0.1) is 11.3 Å². The third kappa shape index (κ3) is 4.20. The summed E-state index contributed by atoms with van der Waals surface area (Å²) in [6.45, 7) is 5.76. The molecule has 0 aromatic heterocycles. The fourth-order valence-electron chi connectivity index (χ4n) is 2.52. The van der Waals surface area contributed by atoms with Crippen molar-refractivity contribution in [3.05, 3.63) is 0 Å². The maximum Gasteiger partial charge on any atom is 0.303 e. The van der Waals surface area contributed by atoms with Gasteiger partial charge in [0, 0.05) is 26.1 Å². The summed E-state index contributed by atoms with van der Waals surface area (Å²) in [4.78, 5) is 24.8. The van der Waals surface area contributed by atoms with Gasteiger partial charge in [0.1, 0.15) is 0 Å². The number of hydrogen-bond donors (Lipinski definition) is 2. The summed E-state index contributed by atoms with van der Waals surface area (Å²) in [7, 11) is 0. The average Bonchev–Trinajstić information content (AvgIpc) is 2.44. The Morgan fingerprint density at radius 3 is 2.37 bits per heavy atom. The van der Waals surface area contributed by atoms with E-state index < -0.39 is 11.4 Å². The lowest BCUT2D eigenvalue weighted by Crippen LogP contribution is -2.48. The minimum Gasteiger partial charge on any atom is -0.481 e. The third-order valence-electron chi connectivity index (χ3n) is 4.42. The normalized spacial score (nSPS) is 20.1. The van der Waals surface area contributed by atoms with Crippen LogP contribution in [-0.4, -0.2) is 41.5 Å². The Bertz CT molecular complexity index is 319. The largest absolute Gasteiger partial charge is 0.481 e. The Labute approximate surface area is 115 Å². The molecule has 110 valence electrons. The molecule has 1 atom stereocenters. The number of nitrogens with zero attached hydrogens (tertiary/aromatic N) is 1. The first-order chi connectivity index (χ1) is 8.92. The Hall–Kier alpha value is -1.10. The van der Waals surface area contributed by atoms with Crippen LogP contribution < -0.4 is 5.73 Å². The van der Waals surface area contributed by atoms with Crippen LogP contribution in [0.15, 0.2) is 0 Å². The molecule has 0 spiro atoms. The Morgan fingerprint density at radius 2 is 1.95 bits per heavy atom. The molecule has 0 radical (unpaired) electrons. The summed E-state index contributed by atoms with van der Waals surface area (Å²) in [6.07, 6.45) is 3.52. The second-order valence-corrected chi connectivity index (χ2v) is 5.79. The summed E-state index contributed by atoms with van der Waals surface area (Å²) < 4.78 is 0. The molecule has 0 aliphatic carbocycles. The number of rotatable bonds is 6. The number of carboxylic acids is 1. The number of carbonyl (C=O) groups excluding carboxylic acids is 1. The van der Waals surface area contributed by atoms with E-state index in [-0.39, 0.29) is 12.3 Å². The second-order valence-electron chi connectivity index (χ2n) is 5.79. The first-order valence-electron chi connectivity index (χ1n) is 7.14. The summed E-state index contributed by atoms with van der Waals surface area (Å²) >= 11 is 0. The van der Waals surface area contributed by atoms with Crippen LogP contribution in [0.5, 0.6) is 0 Å². The van der Waals surface area contributed by atoms with Crippen molar-refractivity contribution in [2.75, 3.05) is 19.6 Å². The van der Waals surface area contributed by atoms with Gasteiger partial charge in [0.25, 0.3) is 0 Å². The van der Waals surface area contributed by atoms with Crippen molar-refractivity contribution in [2.24, 2.45) is 17.1 Å². The number of hydrogen-bond acceptors (Lipinski definition) is 3. The van der Waals surface area contributed by atoms with E-state index in [1.54, 1.807) is 0 Å². The van der Waals surface area contributed by atoms with Crippen molar-refractivity contribution < 1.29 is 14.7 Å². The van der Waals surface area contributed by atoms with Gasteiger partial charge in [0.15, 0.2) is 0 Å². The van der Waals surface area contributed by atoms with Crippen LogP contribution in [0.1, 0.15) is 46.0 Å². The summed E-state index contributed by atoms with van der Waals surface area (Å²) in [6, 6.07) is 0. The lowest BCUT2D eigenvalue weighted by molar-refractivity contribution is -0.143. The molecular formula is C14H26N2O3. The van der Waals surface area contributed by atoms with Crippen molar-refractivity contribution in [3.63, 3.8) is 0 Å². The number of likely N-dealkylation sites (tertiary alicyclic amines) is 1. The Balaban J connectivity index is 2.45. The summed E-state index contributed by atoms with van der Waals surface area (Å²) in [5.74, 6) is -0.153. The van der Waals surface area contributed by atoms with Gasteiger partial charge < -0.3 is 15.7 Å². The van der Waals surface area contributed by atoms with Crippen molar-refractivity contribution in [3.8, 4) is 0 Å². The average molecular weight is 270 g/mol. The van der Waals surface area contributed by atoms with Crippen LogP contribution in [0.4, 0.5) is 0 Å². The number of carbonyl (C=O) groups is 2. The monoisotopic (exact) mass is 270 g/mol. The highest BCUT2D eigenvalue weighted by molar-refractivity contribution is 5.82. The number of nitrogens with two attached hydrogens (primary N) is 1. The molecule has 19 heavy (non-hydrogen) atoms. The van der Waals surface area contributed by atoms with Crippen LogP contribution in [0.25, 0.3) is 0 Å². The van der Waals surface area contributed by atoms with E-state index in [2.05, 4.69) is 0 Å². The van der Waals surface area contributed by atoms with E-state index in [0.717, 1.165) is 38.8 Å². The van der Waals surface area contributed by atoms with Gasteiger partial charge in [-0.25, -0.2) is 0 Å². The molecular weight excluding hydrogens is 244 g/mol. The van der Waals surface area contributed by atoms with E-state index in [9.17, 15) is 9.59 Å². The fraction of sp³-hybridized carbons (Fsp3) is 0.857. The first kappa shape index (κ1) is 16.0. The molecule has 3 N–H and O–H groups in total. The van der Waals surface area contributed by atoms with Gasteiger partial charge >= 0.3 is 5.97 Å². The minimum atomic E-state index is -0.736. The standard InChI is InChI=1S/C14H26N2O3/c1-3-14(2,10-15)13(19)16-8-6-11(7-9-16)4-5-12(17)18/h11H,3-10,15H2,1-2H3,(H,17,18). The molecule has 1 fully saturated rings. The topological polar surface area (TPSA) is 83.6 Å². The summed E-state index contributed by atoms with van der Waals surface area (Å²) in [5.41, 5.74) is 5.27. The highest BCUT2D eigenvalue weighted by Crippen LogP contribution is 2.27. The zero-order valence-corrected chi connectivity index (χ0v) is 12.0. The second kappa shape index (κ2) is 6.89. The number of piperidine rings is 1. The van der Waals surface area contributed by atoms with Gasteiger partial charge in [-0.2, -0.15) is 0 Å². The molecule has 5 heteroatoms. The molecule has 1 amide bonds. The van der Waals surface area contributed by atoms with E-state index in [4.69, 9.17) is 10.8 Å². The zero-order valence-electron chi connectivity index (χ0n) is 12.0. The molecule has 1 rings (SSSR count). The Morgan fingerprint density at radius 1 is 1.37 bits per heavy atom. The molecule has 1 saturated heterocycles. The molecule has 0 aromatic rings. The maximum atomic E-state index is 12.4. The predicted octanol–water partition coefficient (Wildman–Crippen LogP) is 1.46. The zero-order chi connectivity index (χ0) is 14.5. The number of carboxylic acid groups (broad SMARTS) is 1. The van der Waals surface area contributed by atoms with Crippen molar-refractivity contribution in [1.82, 2.24) is 4.90 Å². The molecule has 0 saturated carbocycles. The molecule has 1 aliphatic rings. The SMILES string of the molecule is CCC(C)(CN)C(=O)N1CCC(CCC(=O)O)CC1. The maximum absolute atomic E-state index is 12.4. The van der Waals surface area contributed by atoms with Crippen molar-refractivity contribution >= 4 is 11.9 Å². The van der Waals surface area contributed by atoms with Crippen LogP contribution >= 0.6 is 0 Å². The third-order valence-corrected chi connectivity index (χ3v) is 4.42. The minimum absolute atomic E-state index is 0.147. The van der Waals surface area contributed by atoms with E-state index in [1.165, 1.54) is 0 Å². The van der Waals surface area contributed by atoms with Crippen molar-refractivity contribution in [1.29, 1.82) is 0 Å². The van der Waals surface area contributed by atoms with Crippen molar-refractivity contribution in [2.45, 2.75) is 46.0 Å². The smallest absolute Gasteiger partial charge is 0.303 e. The lowest BCUT2D eigenvalue weighted by atomic mass is 9.84. The van der Waals surface area contributed by atoms with Crippen LogP contribution in [-0.2, 0) is 9.59 Å². The Kier molecular flexibility index (Phi) is 5.79. The fourth-order valence-corrected chi connectivity index (χ4v) is 2.52. The quantitative estimate of drug-likeness (QED) is 0.765. The van der Waals surface area contributed by atoms with Gasteiger partial charge in [0.05, 0.1) is 5.41 Å². The predicted molar refractivity (Wildman–Crippen MR) is 73.6 cm³/mol. The van der Waals surface area contributed by atoms with E-state index in [1.807, 2.05) is 18.7 Å². The highest BCUT2D eigenvalue weighted by atomic mass is 16.4. The number of aliphatic carboxylic acids is 1. The molecule has 0 bridgehead atoms. The van der Waals surface area contributed by atoms with Crippen LogP contribution in [0.2, 0.25) is 0 Å². The summed E-state index contributed by atoms with van der Waals surface area (Å²) in [5, 5.41) is 8.68. The molecule has 1 aliphatic heterocycles.